The Kier molecular flexibility index (Phi) is 6.37. The van der Waals surface area contributed by atoms with Gasteiger partial charge in [-0.25, -0.2) is 5.32 Å². The highest BCUT2D eigenvalue weighted by molar-refractivity contribution is 4.84. The van der Waals surface area contributed by atoms with Gasteiger partial charge in [-0.1, -0.05) is 39.5 Å². The van der Waals surface area contributed by atoms with Gasteiger partial charge in [-0.05, 0) is 12.8 Å². The van der Waals surface area contributed by atoms with Crippen molar-refractivity contribution in [1.82, 2.24) is 16.0 Å². The molecule has 0 saturated carbocycles. The Morgan fingerprint density at radius 3 is 2.65 bits per heavy atom. The normalized spacial score (nSPS) is 31.4. The van der Waals surface area contributed by atoms with Crippen molar-refractivity contribution in [2.75, 3.05) is 6.67 Å². The van der Waals surface area contributed by atoms with Gasteiger partial charge in [0.2, 0.25) is 0 Å². The molecule has 3 atom stereocenters. The maximum Gasteiger partial charge on any atom is 0.178 e. The molecule has 0 aromatic rings. The SMILES string of the molecule is CCCCCCC(CC)C1(O)NCNC(O)N1. The van der Waals surface area contributed by atoms with Crippen molar-refractivity contribution in [3.05, 3.63) is 0 Å². The fourth-order valence-electron chi connectivity index (χ4n) is 2.38. The van der Waals surface area contributed by atoms with Crippen molar-refractivity contribution in [3.63, 3.8) is 0 Å². The molecule has 5 N–H and O–H groups in total. The lowest BCUT2D eigenvalue weighted by Gasteiger charge is -2.42. The second-order valence-corrected chi connectivity index (χ2v) is 4.83. The van der Waals surface area contributed by atoms with Crippen LogP contribution in [0.4, 0.5) is 0 Å². The number of hydrogen-bond donors (Lipinski definition) is 5. The number of hydrogen-bond acceptors (Lipinski definition) is 5. The number of aliphatic hydroxyl groups is 2. The zero-order chi connectivity index (χ0) is 12.7. The third kappa shape index (κ3) is 4.52. The summed E-state index contributed by atoms with van der Waals surface area (Å²) in [6, 6.07) is 0. The molecule has 0 aromatic carbocycles. The Morgan fingerprint density at radius 1 is 1.29 bits per heavy atom. The van der Waals surface area contributed by atoms with Crippen LogP contribution in [0.25, 0.3) is 0 Å². The molecule has 0 aromatic heterocycles. The van der Waals surface area contributed by atoms with E-state index >= 15 is 0 Å². The highest BCUT2D eigenvalue weighted by Crippen LogP contribution is 2.24. The van der Waals surface area contributed by atoms with Gasteiger partial charge < -0.3 is 10.2 Å². The van der Waals surface area contributed by atoms with E-state index in [1.807, 2.05) is 0 Å². The highest BCUT2D eigenvalue weighted by Gasteiger charge is 2.38. The molecule has 1 aliphatic heterocycles. The molecule has 5 nitrogen and oxygen atoms in total. The quantitative estimate of drug-likeness (QED) is 0.426. The first-order chi connectivity index (χ1) is 8.12. The first-order valence-electron chi connectivity index (χ1n) is 6.79. The van der Waals surface area contributed by atoms with Crippen molar-refractivity contribution in [1.29, 1.82) is 0 Å². The zero-order valence-electron chi connectivity index (χ0n) is 11.0. The molecule has 102 valence electrons. The summed E-state index contributed by atoms with van der Waals surface area (Å²) in [5, 5.41) is 28.4. The standard InChI is InChI=1S/C12H27N3O2/c1-3-5-6-7-8-10(4-2)12(17)14-9-13-11(16)15-12/h10-11,13-17H,3-9H2,1-2H3. The second kappa shape index (κ2) is 7.28. The molecule has 5 heteroatoms. The minimum atomic E-state index is -1.15. The molecule has 0 bridgehead atoms. The van der Waals surface area contributed by atoms with E-state index in [1.54, 1.807) is 0 Å². The summed E-state index contributed by atoms with van der Waals surface area (Å²) in [5.41, 5.74) is 0. The molecule has 17 heavy (non-hydrogen) atoms. The summed E-state index contributed by atoms with van der Waals surface area (Å²) in [7, 11) is 0. The average Bonchev–Trinajstić information content (AvgIpc) is 2.28. The van der Waals surface area contributed by atoms with Gasteiger partial charge in [-0.2, -0.15) is 0 Å². The highest BCUT2D eigenvalue weighted by atomic mass is 16.4. The van der Waals surface area contributed by atoms with Gasteiger partial charge in [0.1, 0.15) is 0 Å². The van der Waals surface area contributed by atoms with Crippen LogP contribution in [0, 0.1) is 5.92 Å². The maximum absolute atomic E-state index is 10.4. The van der Waals surface area contributed by atoms with E-state index < -0.39 is 12.2 Å². The Bertz CT molecular complexity index is 216. The van der Waals surface area contributed by atoms with E-state index in [9.17, 15) is 10.2 Å². The van der Waals surface area contributed by atoms with Gasteiger partial charge in [0.25, 0.3) is 0 Å². The van der Waals surface area contributed by atoms with Crippen molar-refractivity contribution in [3.8, 4) is 0 Å². The topological polar surface area (TPSA) is 76.5 Å². The van der Waals surface area contributed by atoms with Crippen LogP contribution in [0.15, 0.2) is 0 Å². The molecule has 1 rings (SSSR count). The van der Waals surface area contributed by atoms with Crippen LogP contribution < -0.4 is 16.0 Å². The average molecular weight is 245 g/mol. The fourth-order valence-corrected chi connectivity index (χ4v) is 2.38. The van der Waals surface area contributed by atoms with Crippen LogP contribution in [0.5, 0.6) is 0 Å². The molecule has 0 aliphatic carbocycles. The summed E-state index contributed by atoms with van der Waals surface area (Å²) in [4.78, 5) is 0. The third-order valence-corrected chi connectivity index (χ3v) is 3.50. The molecule has 0 radical (unpaired) electrons. The van der Waals surface area contributed by atoms with Crippen LogP contribution in [0.1, 0.15) is 52.4 Å². The molecule has 3 unspecified atom stereocenters. The van der Waals surface area contributed by atoms with Crippen LogP contribution in [-0.4, -0.2) is 29.1 Å². The summed E-state index contributed by atoms with van der Waals surface area (Å²) in [6.07, 6.45) is 5.83. The number of unbranched alkanes of at least 4 members (excludes halogenated alkanes) is 3. The summed E-state index contributed by atoms with van der Waals surface area (Å²) >= 11 is 0. The Morgan fingerprint density at radius 2 is 2.06 bits per heavy atom. The van der Waals surface area contributed by atoms with Crippen molar-refractivity contribution < 1.29 is 10.2 Å². The lowest BCUT2D eigenvalue weighted by atomic mass is 9.92. The summed E-state index contributed by atoms with van der Waals surface area (Å²) in [6.45, 7) is 4.67. The molecular formula is C12H27N3O2. The Balaban J connectivity index is 2.41. The van der Waals surface area contributed by atoms with Gasteiger partial charge in [0, 0.05) is 5.92 Å². The van der Waals surface area contributed by atoms with Gasteiger partial charge in [-0.3, -0.25) is 10.6 Å². The first kappa shape index (κ1) is 14.9. The minimum absolute atomic E-state index is 0.121. The van der Waals surface area contributed by atoms with Crippen LogP contribution >= 0.6 is 0 Å². The Labute approximate surface area is 104 Å². The number of nitrogens with one attached hydrogen (secondary N) is 3. The molecule has 1 aliphatic rings. The van der Waals surface area contributed by atoms with E-state index in [2.05, 4.69) is 29.8 Å². The van der Waals surface area contributed by atoms with Gasteiger partial charge in [0.15, 0.2) is 12.2 Å². The molecule has 1 heterocycles. The van der Waals surface area contributed by atoms with Gasteiger partial charge in [0.05, 0.1) is 6.67 Å². The minimum Gasteiger partial charge on any atom is -0.365 e. The smallest absolute Gasteiger partial charge is 0.178 e. The molecule has 1 fully saturated rings. The lowest BCUT2D eigenvalue weighted by Crippen LogP contribution is -2.73. The Hall–Kier alpha value is -0.200. The molecule has 1 saturated heterocycles. The summed E-state index contributed by atoms with van der Waals surface area (Å²) < 4.78 is 0. The number of rotatable bonds is 7. The lowest BCUT2D eigenvalue weighted by molar-refractivity contribution is -0.146. The monoisotopic (exact) mass is 245 g/mol. The van der Waals surface area contributed by atoms with E-state index in [-0.39, 0.29) is 5.92 Å². The molecule has 0 spiro atoms. The summed E-state index contributed by atoms with van der Waals surface area (Å²) in [5.74, 6) is -1.03. The van der Waals surface area contributed by atoms with Crippen LogP contribution in [-0.2, 0) is 0 Å². The maximum atomic E-state index is 10.4. The molecule has 0 amide bonds. The fraction of sp³-hybridized carbons (Fsp3) is 1.00. The predicted octanol–water partition coefficient (Wildman–Crippen LogP) is 0.645. The van der Waals surface area contributed by atoms with Crippen molar-refractivity contribution >= 4 is 0 Å². The van der Waals surface area contributed by atoms with E-state index in [0.717, 1.165) is 19.3 Å². The first-order valence-corrected chi connectivity index (χ1v) is 6.79. The molecular weight excluding hydrogens is 218 g/mol. The second-order valence-electron chi connectivity index (χ2n) is 4.83. The van der Waals surface area contributed by atoms with E-state index in [0.29, 0.717) is 6.67 Å². The zero-order valence-corrected chi connectivity index (χ0v) is 11.0. The van der Waals surface area contributed by atoms with Gasteiger partial charge in [-0.15, -0.1) is 0 Å². The predicted molar refractivity (Wildman–Crippen MR) is 67.8 cm³/mol. The van der Waals surface area contributed by atoms with Gasteiger partial charge >= 0.3 is 0 Å². The number of aliphatic hydroxyl groups excluding tert-OH is 1. The van der Waals surface area contributed by atoms with E-state index in [1.165, 1.54) is 19.3 Å². The van der Waals surface area contributed by atoms with Crippen LogP contribution in [0.3, 0.4) is 0 Å². The van der Waals surface area contributed by atoms with Crippen molar-refractivity contribution in [2.24, 2.45) is 5.92 Å². The third-order valence-electron chi connectivity index (χ3n) is 3.50. The largest absolute Gasteiger partial charge is 0.365 e. The van der Waals surface area contributed by atoms with Crippen LogP contribution in [0.2, 0.25) is 0 Å². The van der Waals surface area contributed by atoms with E-state index in [4.69, 9.17) is 0 Å². The van der Waals surface area contributed by atoms with Crippen molar-refractivity contribution in [2.45, 2.75) is 64.6 Å².